The highest BCUT2D eigenvalue weighted by molar-refractivity contribution is 7.12. The second-order valence-electron chi connectivity index (χ2n) is 8.89. The minimum Gasteiger partial charge on any atom is -0.373 e. The molecule has 2 heterocycles. The van der Waals surface area contributed by atoms with Gasteiger partial charge in [-0.2, -0.15) is 0 Å². The van der Waals surface area contributed by atoms with E-state index in [9.17, 15) is 9.59 Å². The average Bonchev–Trinajstić information content (AvgIpc) is 3.27. The Morgan fingerprint density at radius 2 is 1.81 bits per heavy atom. The average molecular weight is 444 g/mol. The maximum absolute atomic E-state index is 13.1. The maximum atomic E-state index is 13.1. The summed E-state index contributed by atoms with van der Waals surface area (Å²) in [6, 6.07) is 12.7. The molecule has 2 aromatic rings. The Morgan fingerprint density at radius 1 is 1.13 bits per heavy atom. The standard InChI is InChI=1S/C24H33N3O3S/c1-17-14-27(15-18(2)30-17)24(3,4)16-25-22(28)20(13-19-9-6-5-7-10-19)26-23(29)21-11-8-12-31-21/h5-12,17-18,20H,13-16H2,1-4H3,(H,25,28)(H,26,29). The summed E-state index contributed by atoms with van der Waals surface area (Å²) >= 11 is 1.37. The van der Waals surface area contributed by atoms with Crippen LogP contribution in [0.1, 0.15) is 42.9 Å². The van der Waals surface area contributed by atoms with Crippen LogP contribution in [0.3, 0.4) is 0 Å². The Morgan fingerprint density at radius 3 is 2.42 bits per heavy atom. The minimum absolute atomic E-state index is 0.162. The molecule has 0 bridgehead atoms. The Hall–Kier alpha value is -2.22. The summed E-state index contributed by atoms with van der Waals surface area (Å²) in [5.41, 5.74) is 0.779. The molecular weight excluding hydrogens is 410 g/mol. The number of amides is 2. The molecule has 31 heavy (non-hydrogen) atoms. The summed E-state index contributed by atoms with van der Waals surface area (Å²) in [5.74, 6) is -0.391. The highest BCUT2D eigenvalue weighted by Gasteiger charge is 2.34. The van der Waals surface area contributed by atoms with Gasteiger partial charge in [-0.15, -0.1) is 11.3 Å². The van der Waals surface area contributed by atoms with E-state index in [1.165, 1.54) is 11.3 Å². The van der Waals surface area contributed by atoms with Crippen molar-refractivity contribution in [1.82, 2.24) is 15.5 Å². The largest absolute Gasteiger partial charge is 0.373 e. The molecule has 1 aromatic heterocycles. The molecule has 2 N–H and O–H groups in total. The molecule has 0 radical (unpaired) electrons. The first-order valence-electron chi connectivity index (χ1n) is 10.8. The fourth-order valence-electron chi connectivity index (χ4n) is 3.91. The van der Waals surface area contributed by atoms with Gasteiger partial charge in [0.1, 0.15) is 6.04 Å². The molecule has 2 amide bonds. The molecular formula is C24H33N3O3S. The van der Waals surface area contributed by atoms with Crippen LogP contribution in [-0.4, -0.2) is 60.1 Å². The third-order valence-electron chi connectivity index (χ3n) is 5.62. The minimum atomic E-state index is -0.643. The lowest BCUT2D eigenvalue weighted by molar-refractivity contribution is -0.124. The van der Waals surface area contributed by atoms with Crippen molar-refractivity contribution in [2.75, 3.05) is 19.6 Å². The Balaban J connectivity index is 1.66. The van der Waals surface area contributed by atoms with Gasteiger partial charge < -0.3 is 15.4 Å². The van der Waals surface area contributed by atoms with Crippen LogP contribution >= 0.6 is 11.3 Å². The van der Waals surface area contributed by atoms with E-state index in [2.05, 4.69) is 43.2 Å². The number of morpholine rings is 1. The van der Waals surface area contributed by atoms with Crippen molar-refractivity contribution in [1.29, 1.82) is 0 Å². The van der Waals surface area contributed by atoms with Gasteiger partial charge in [0.25, 0.3) is 5.91 Å². The van der Waals surface area contributed by atoms with E-state index < -0.39 is 6.04 Å². The molecule has 168 valence electrons. The Kier molecular flexibility index (Phi) is 7.86. The summed E-state index contributed by atoms with van der Waals surface area (Å²) in [6.07, 6.45) is 0.764. The number of carbonyl (C=O) groups is 2. The van der Waals surface area contributed by atoms with Gasteiger partial charge in [0.15, 0.2) is 0 Å². The smallest absolute Gasteiger partial charge is 0.262 e. The van der Waals surface area contributed by atoms with E-state index in [0.717, 1.165) is 18.7 Å². The van der Waals surface area contributed by atoms with Gasteiger partial charge in [-0.25, -0.2) is 0 Å². The number of nitrogens with zero attached hydrogens (tertiary/aromatic N) is 1. The highest BCUT2D eigenvalue weighted by atomic mass is 32.1. The van der Waals surface area contributed by atoms with Crippen LogP contribution in [0.2, 0.25) is 0 Å². The second-order valence-corrected chi connectivity index (χ2v) is 9.83. The van der Waals surface area contributed by atoms with Crippen molar-refractivity contribution in [3.63, 3.8) is 0 Å². The second kappa shape index (κ2) is 10.4. The molecule has 3 rings (SSSR count). The molecule has 1 saturated heterocycles. The molecule has 7 heteroatoms. The van der Waals surface area contributed by atoms with Crippen molar-refractivity contribution in [2.45, 2.75) is 57.9 Å². The molecule has 0 spiro atoms. The first-order chi connectivity index (χ1) is 14.7. The predicted octanol–water partition coefficient (Wildman–Crippen LogP) is 3.09. The van der Waals surface area contributed by atoms with E-state index in [1.807, 2.05) is 41.8 Å². The van der Waals surface area contributed by atoms with Gasteiger partial charge in [0.05, 0.1) is 17.1 Å². The van der Waals surface area contributed by atoms with E-state index in [-0.39, 0.29) is 29.6 Å². The molecule has 0 aliphatic carbocycles. The summed E-state index contributed by atoms with van der Waals surface area (Å²) < 4.78 is 5.85. The van der Waals surface area contributed by atoms with Crippen molar-refractivity contribution < 1.29 is 14.3 Å². The van der Waals surface area contributed by atoms with Crippen molar-refractivity contribution in [3.8, 4) is 0 Å². The molecule has 1 aliphatic heterocycles. The number of ether oxygens (including phenoxy) is 1. The fraction of sp³-hybridized carbons (Fsp3) is 0.500. The van der Waals surface area contributed by atoms with Gasteiger partial charge in [0, 0.05) is 31.6 Å². The number of benzene rings is 1. The van der Waals surface area contributed by atoms with Gasteiger partial charge in [-0.3, -0.25) is 14.5 Å². The predicted molar refractivity (Wildman–Crippen MR) is 124 cm³/mol. The normalized spacial score (nSPS) is 20.8. The molecule has 1 aliphatic rings. The molecule has 1 fully saturated rings. The third kappa shape index (κ3) is 6.63. The number of carbonyl (C=O) groups excluding carboxylic acids is 2. The number of nitrogens with one attached hydrogen (secondary N) is 2. The van der Waals surface area contributed by atoms with Crippen LogP contribution in [0.4, 0.5) is 0 Å². The van der Waals surface area contributed by atoms with Gasteiger partial charge in [-0.05, 0) is 44.7 Å². The van der Waals surface area contributed by atoms with Crippen LogP contribution in [0.25, 0.3) is 0 Å². The number of rotatable bonds is 8. The number of hydrogen-bond acceptors (Lipinski definition) is 5. The fourth-order valence-corrected chi connectivity index (χ4v) is 4.53. The zero-order valence-electron chi connectivity index (χ0n) is 18.8. The summed E-state index contributed by atoms with van der Waals surface area (Å²) in [6.45, 7) is 10.6. The van der Waals surface area contributed by atoms with Crippen molar-refractivity contribution in [2.24, 2.45) is 0 Å². The zero-order chi connectivity index (χ0) is 22.4. The van der Waals surface area contributed by atoms with E-state index >= 15 is 0 Å². The molecule has 6 nitrogen and oxygen atoms in total. The van der Waals surface area contributed by atoms with Crippen LogP contribution in [0, 0.1) is 0 Å². The molecule has 1 aromatic carbocycles. The summed E-state index contributed by atoms with van der Waals surface area (Å²) in [5, 5.41) is 7.87. The van der Waals surface area contributed by atoms with E-state index in [0.29, 0.717) is 17.8 Å². The lowest BCUT2D eigenvalue weighted by Crippen LogP contribution is -2.60. The van der Waals surface area contributed by atoms with Crippen molar-refractivity contribution >= 4 is 23.2 Å². The van der Waals surface area contributed by atoms with Crippen LogP contribution in [-0.2, 0) is 16.0 Å². The molecule has 3 unspecified atom stereocenters. The zero-order valence-corrected chi connectivity index (χ0v) is 19.6. The molecule has 3 atom stereocenters. The first-order valence-corrected chi connectivity index (χ1v) is 11.7. The SMILES string of the molecule is CC1CN(C(C)(C)CNC(=O)C(Cc2ccccc2)NC(=O)c2cccs2)CC(C)O1. The van der Waals surface area contributed by atoms with Gasteiger partial charge in [-0.1, -0.05) is 36.4 Å². The lowest BCUT2D eigenvalue weighted by Gasteiger charge is -2.45. The van der Waals surface area contributed by atoms with E-state index in [1.54, 1.807) is 6.07 Å². The van der Waals surface area contributed by atoms with Crippen LogP contribution < -0.4 is 10.6 Å². The highest BCUT2D eigenvalue weighted by Crippen LogP contribution is 2.21. The van der Waals surface area contributed by atoms with Crippen molar-refractivity contribution in [3.05, 3.63) is 58.3 Å². The van der Waals surface area contributed by atoms with Crippen LogP contribution in [0.5, 0.6) is 0 Å². The monoisotopic (exact) mass is 443 g/mol. The third-order valence-corrected chi connectivity index (χ3v) is 6.49. The lowest BCUT2D eigenvalue weighted by atomic mass is 9.99. The maximum Gasteiger partial charge on any atom is 0.262 e. The van der Waals surface area contributed by atoms with E-state index in [4.69, 9.17) is 4.74 Å². The van der Waals surface area contributed by atoms with Gasteiger partial charge >= 0.3 is 0 Å². The molecule has 0 saturated carbocycles. The number of thiophene rings is 1. The quantitative estimate of drug-likeness (QED) is 0.658. The topological polar surface area (TPSA) is 70.7 Å². The Bertz CT molecular complexity index is 844. The summed E-state index contributed by atoms with van der Waals surface area (Å²) in [4.78, 5) is 28.7. The Labute approximate surface area is 189 Å². The van der Waals surface area contributed by atoms with Gasteiger partial charge in [0.2, 0.25) is 5.91 Å². The first kappa shape index (κ1) is 23.4. The number of hydrogen-bond donors (Lipinski definition) is 2. The summed E-state index contributed by atoms with van der Waals surface area (Å²) in [7, 11) is 0. The van der Waals surface area contributed by atoms with Crippen LogP contribution in [0.15, 0.2) is 47.8 Å².